The number of carbonyl (C=O) groups is 2. The van der Waals surface area contributed by atoms with E-state index in [1.165, 1.54) is 26.0 Å². The summed E-state index contributed by atoms with van der Waals surface area (Å²) >= 11 is 0. The van der Waals surface area contributed by atoms with Crippen molar-refractivity contribution >= 4 is 17.3 Å². The number of benzene rings is 1. The van der Waals surface area contributed by atoms with Gasteiger partial charge in [0.15, 0.2) is 17.6 Å². The Morgan fingerprint density at radius 1 is 1.20 bits per heavy atom. The van der Waals surface area contributed by atoms with E-state index in [1.807, 2.05) is 0 Å². The number of ketones is 2. The molecule has 1 aromatic rings. The summed E-state index contributed by atoms with van der Waals surface area (Å²) in [5.74, 6) is -1.45. The van der Waals surface area contributed by atoms with Gasteiger partial charge in [0.1, 0.15) is 5.75 Å². The molecule has 0 amide bonds. The van der Waals surface area contributed by atoms with Crippen LogP contribution in [-0.4, -0.2) is 24.0 Å². The van der Waals surface area contributed by atoms with E-state index in [9.17, 15) is 22.8 Å². The van der Waals surface area contributed by atoms with Crippen LogP contribution in [0.3, 0.4) is 0 Å². The number of Topliss-reactive ketones (excluding diaryl/α,β-unsaturated/α-hetero) is 2. The minimum Gasteiger partial charge on any atom is -0.406 e. The molecular weight excluding hydrogens is 277 g/mol. The van der Waals surface area contributed by atoms with Gasteiger partial charge >= 0.3 is 6.36 Å². The van der Waals surface area contributed by atoms with E-state index in [-0.39, 0.29) is 5.69 Å². The Morgan fingerprint density at radius 2 is 1.80 bits per heavy atom. The first-order valence-electron chi connectivity index (χ1n) is 5.46. The van der Waals surface area contributed by atoms with Crippen molar-refractivity contribution in [2.24, 2.45) is 10.2 Å². The molecular formula is C12H11F3N2O3. The number of alkyl halides is 3. The lowest BCUT2D eigenvalue weighted by atomic mass is 10.1. The molecule has 0 aliphatic carbocycles. The smallest absolute Gasteiger partial charge is 0.406 e. The van der Waals surface area contributed by atoms with Crippen molar-refractivity contribution in [3.05, 3.63) is 24.3 Å². The zero-order chi connectivity index (χ0) is 15.3. The van der Waals surface area contributed by atoms with Gasteiger partial charge in [0.2, 0.25) is 0 Å². The van der Waals surface area contributed by atoms with Crippen LogP contribution in [-0.2, 0) is 9.59 Å². The molecule has 8 heteroatoms. The Morgan fingerprint density at radius 3 is 2.30 bits per heavy atom. The lowest BCUT2D eigenvalue weighted by molar-refractivity contribution is -0.274. The number of hydrogen-bond donors (Lipinski definition) is 0. The van der Waals surface area contributed by atoms with E-state index >= 15 is 0 Å². The summed E-state index contributed by atoms with van der Waals surface area (Å²) in [6.45, 7) is 2.35. The predicted molar refractivity (Wildman–Crippen MR) is 62.8 cm³/mol. The molecule has 0 N–H and O–H groups in total. The molecule has 0 bridgehead atoms. The number of ether oxygens (including phenoxy) is 1. The summed E-state index contributed by atoms with van der Waals surface area (Å²) in [5.41, 5.74) is 0.0410. The average molecular weight is 288 g/mol. The fourth-order valence-electron chi connectivity index (χ4n) is 1.32. The molecule has 0 fully saturated rings. The maximum Gasteiger partial charge on any atom is 0.573 e. The lowest BCUT2D eigenvalue weighted by Crippen LogP contribution is -2.23. The van der Waals surface area contributed by atoms with Gasteiger partial charge in [-0.1, -0.05) is 6.07 Å². The molecule has 0 aliphatic heterocycles. The second kappa shape index (κ2) is 6.27. The first-order chi connectivity index (χ1) is 9.19. The third-order valence-electron chi connectivity index (χ3n) is 2.11. The SMILES string of the molecule is CC(=O)C(N=Nc1cccc(OC(F)(F)F)c1)C(C)=O. The highest BCUT2D eigenvalue weighted by atomic mass is 19.4. The molecule has 0 saturated carbocycles. The van der Waals surface area contributed by atoms with Gasteiger partial charge in [-0.15, -0.1) is 13.2 Å². The third kappa shape index (κ3) is 5.17. The zero-order valence-electron chi connectivity index (χ0n) is 10.6. The first-order valence-corrected chi connectivity index (χ1v) is 5.46. The number of carbonyl (C=O) groups excluding carboxylic acids is 2. The molecule has 5 nitrogen and oxygen atoms in total. The largest absolute Gasteiger partial charge is 0.573 e. The number of nitrogens with zero attached hydrogens (tertiary/aromatic N) is 2. The highest BCUT2D eigenvalue weighted by molar-refractivity contribution is 6.04. The molecule has 0 unspecified atom stereocenters. The molecule has 0 aromatic heterocycles. The molecule has 0 atom stereocenters. The van der Waals surface area contributed by atoms with E-state index in [0.717, 1.165) is 12.1 Å². The first kappa shape index (κ1) is 15.8. The summed E-state index contributed by atoms with van der Waals surface area (Å²) in [5, 5.41) is 7.10. The van der Waals surface area contributed by atoms with Crippen molar-refractivity contribution in [1.82, 2.24) is 0 Å². The van der Waals surface area contributed by atoms with Crippen molar-refractivity contribution < 1.29 is 27.5 Å². The fraction of sp³-hybridized carbons (Fsp3) is 0.333. The van der Waals surface area contributed by atoms with Crippen molar-refractivity contribution in [2.45, 2.75) is 26.3 Å². The van der Waals surface area contributed by atoms with Gasteiger partial charge in [-0.3, -0.25) is 9.59 Å². The molecule has 0 aliphatic rings. The topological polar surface area (TPSA) is 68.1 Å². The second-order valence-electron chi connectivity index (χ2n) is 3.88. The molecule has 1 rings (SSSR count). The number of rotatable bonds is 5. The van der Waals surface area contributed by atoms with E-state index in [1.54, 1.807) is 0 Å². The lowest BCUT2D eigenvalue weighted by Gasteiger charge is -2.08. The normalized spacial score (nSPS) is 11.9. The Kier molecular flexibility index (Phi) is 4.95. The fourth-order valence-corrected chi connectivity index (χ4v) is 1.32. The van der Waals surface area contributed by atoms with Crippen LogP contribution in [0.5, 0.6) is 5.75 Å². The van der Waals surface area contributed by atoms with Crippen molar-refractivity contribution in [3.8, 4) is 5.75 Å². The van der Waals surface area contributed by atoms with Gasteiger partial charge < -0.3 is 4.74 Å². The highest BCUT2D eigenvalue weighted by Crippen LogP contribution is 2.26. The van der Waals surface area contributed by atoms with Crippen LogP contribution < -0.4 is 4.74 Å². The van der Waals surface area contributed by atoms with Gasteiger partial charge in [0.25, 0.3) is 0 Å². The van der Waals surface area contributed by atoms with Crippen LogP contribution in [0.15, 0.2) is 34.5 Å². The minimum atomic E-state index is -4.81. The summed E-state index contributed by atoms with van der Waals surface area (Å²) in [4.78, 5) is 22.2. The van der Waals surface area contributed by atoms with E-state index < -0.39 is 29.7 Å². The minimum absolute atomic E-state index is 0.0410. The molecule has 108 valence electrons. The van der Waals surface area contributed by atoms with Gasteiger partial charge in [-0.05, 0) is 26.0 Å². The van der Waals surface area contributed by atoms with Crippen molar-refractivity contribution in [2.75, 3.05) is 0 Å². The van der Waals surface area contributed by atoms with E-state index in [2.05, 4.69) is 15.0 Å². The summed E-state index contributed by atoms with van der Waals surface area (Å²) in [6, 6.07) is 3.49. The molecule has 0 radical (unpaired) electrons. The Bertz CT molecular complexity index is 527. The summed E-state index contributed by atoms with van der Waals surface area (Å²) < 4.78 is 39.8. The predicted octanol–water partition coefficient (Wildman–Crippen LogP) is 3.22. The second-order valence-corrected chi connectivity index (χ2v) is 3.88. The summed E-state index contributed by atoms with van der Waals surface area (Å²) in [7, 11) is 0. The van der Waals surface area contributed by atoms with Gasteiger partial charge in [-0.25, -0.2) is 0 Å². The number of hydrogen-bond acceptors (Lipinski definition) is 5. The van der Waals surface area contributed by atoms with Gasteiger partial charge in [-0.2, -0.15) is 10.2 Å². The Labute approximate surface area is 112 Å². The maximum absolute atomic E-state index is 12.0. The Balaban J connectivity index is 2.90. The van der Waals surface area contributed by atoms with Crippen LogP contribution >= 0.6 is 0 Å². The molecule has 0 saturated heterocycles. The highest BCUT2D eigenvalue weighted by Gasteiger charge is 2.31. The van der Waals surface area contributed by atoms with Crippen LogP contribution in [0, 0.1) is 0 Å². The van der Waals surface area contributed by atoms with Gasteiger partial charge in [0.05, 0.1) is 5.69 Å². The van der Waals surface area contributed by atoms with Crippen LogP contribution in [0.1, 0.15) is 13.8 Å². The van der Waals surface area contributed by atoms with Gasteiger partial charge in [0, 0.05) is 6.07 Å². The molecule has 0 heterocycles. The molecule has 0 spiro atoms. The standard InChI is InChI=1S/C12H11F3N2O3/c1-7(18)11(8(2)19)17-16-9-4-3-5-10(6-9)20-12(13,14)15/h3-6,11H,1-2H3. The molecule has 1 aromatic carbocycles. The van der Waals surface area contributed by atoms with Crippen LogP contribution in [0.25, 0.3) is 0 Å². The number of azo groups is 1. The summed E-state index contributed by atoms with van der Waals surface area (Å²) in [6.07, 6.45) is -4.81. The van der Waals surface area contributed by atoms with Crippen LogP contribution in [0.4, 0.5) is 18.9 Å². The molecule has 20 heavy (non-hydrogen) atoms. The monoisotopic (exact) mass is 288 g/mol. The van der Waals surface area contributed by atoms with Crippen molar-refractivity contribution in [1.29, 1.82) is 0 Å². The Hall–Kier alpha value is -2.25. The van der Waals surface area contributed by atoms with E-state index in [4.69, 9.17) is 0 Å². The quantitative estimate of drug-likeness (QED) is 0.617. The maximum atomic E-state index is 12.0. The third-order valence-corrected chi connectivity index (χ3v) is 2.11. The zero-order valence-corrected chi connectivity index (χ0v) is 10.6. The van der Waals surface area contributed by atoms with E-state index in [0.29, 0.717) is 0 Å². The van der Waals surface area contributed by atoms with Crippen LogP contribution in [0.2, 0.25) is 0 Å². The van der Waals surface area contributed by atoms with Crippen molar-refractivity contribution in [3.63, 3.8) is 0 Å². The number of halogens is 3. The average Bonchev–Trinajstić information content (AvgIpc) is 2.26.